The van der Waals surface area contributed by atoms with E-state index in [1.54, 1.807) is 24.3 Å². The van der Waals surface area contributed by atoms with Crippen molar-refractivity contribution in [1.82, 2.24) is 4.90 Å². The van der Waals surface area contributed by atoms with Crippen LogP contribution in [0.15, 0.2) is 72.8 Å². The van der Waals surface area contributed by atoms with Gasteiger partial charge in [0.1, 0.15) is 0 Å². The maximum atomic E-state index is 12.9. The Kier molecular flexibility index (Phi) is 5.16. The number of fused-ring (bicyclic) bond motifs is 2. The fourth-order valence-electron chi connectivity index (χ4n) is 4.90. The van der Waals surface area contributed by atoms with Gasteiger partial charge in [-0.2, -0.15) is 0 Å². The zero-order valence-electron chi connectivity index (χ0n) is 17.8. The van der Waals surface area contributed by atoms with Gasteiger partial charge in [0.15, 0.2) is 0 Å². The lowest BCUT2D eigenvalue weighted by atomic mass is 10.1. The Morgan fingerprint density at radius 1 is 0.839 bits per heavy atom. The van der Waals surface area contributed by atoms with Crippen LogP contribution in [0.2, 0.25) is 0 Å². The van der Waals surface area contributed by atoms with Gasteiger partial charge < -0.3 is 0 Å². The molecule has 1 heterocycles. The molecule has 0 radical (unpaired) electrons. The monoisotopic (exact) mass is 410 g/mol. The van der Waals surface area contributed by atoms with Gasteiger partial charge in [0.05, 0.1) is 16.8 Å². The number of benzene rings is 3. The minimum Gasteiger partial charge on any atom is -0.295 e. The smallest absolute Gasteiger partial charge is 0.266 e. The zero-order valence-corrected chi connectivity index (χ0v) is 17.8. The Hall–Kier alpha value is -3.24. The molecule has 156 valence electrons. The molecule has 1 aliphatic carbocycles. The van der Waals surface area contributed by atoms with Gasteiger partial charge in [0, 0.05) is 12.6 Å². The molecular formula is C27H26N2O2. The standard InChI is InChI=1S/C27H26N2O2/c1-2-14-28(18-19-8-4-3-5-9-19)23-15-20-12-13-22(16-21(20)17-23)29-26(30)24-10-6-7-11-25(24)27(29)31/h3-13,16,23H,2,14-15,17-18H2,1H3. The first kappa shape index (κ1) is 19.7. The lowest BCUT2D eigenvalue weighted by molar-refractivity contribution is 0.0926. The molecule has 0 saturated carbocycles. The zero-order chi connectivity index (χ0) is 21.4. The van der Waals surface area contributed by atoms with E-state index in [-0.39, 0.29) is 11.8 Å². The summed E-state index contributed by atoms with van der Waals surface area (Å²) in [7, 11) is 0. The average molecular weight is 411 g/mol. The van der Waals surface area contributed by atoms with E-state index in [1.807, 2.05) is 12.1 Å². The van der Waals surface area contributed by atoms with Crippen molar-refractivity contribution < 1.29 is 9.59 Å². The lowest BCUT2D eigenvalue weighted by Gasteiger charge is -2.28. The summed E-state index contributed by atoms with van der Waals surface area (Å²) in [6.07, 6.45) is 3.06. The van der Waals surface area contributed by atoms with Crippen molar-refractivity contribution in [3.8, 4) is 0 Å². The number of carbonyl (C=O) groups is 2. The molecule has 1 aliphatic heterocycles. The van der Waals surface area contributed by atoms with Crippen LogP contribution in [0, 0.1) is 0 Å². The van der Waals surface area contributed by atoms with E-state index in [0.717, 1.165) is 32.4 Å². The Morgan fingerprint density at radius 2 is 1.48 bits per heavy atom. The molecule has 0 saturated heterocycles. The summed E-state index contributed by atoms with van der Waals surface area (Å²) >= 11 is 0. The molecule has 3 aromatic carbocycles. The Labute approximate surface area is 183 Å². The maximum Gasteiger partial charge on any atom is 0.266 e. The number of rotatable bonds is 6. The van der Waals surface area contributed by atoms with Crippen LogP contribution in [0.4, 0.5) is 5.69 Å². The predicted octanol–water partition coefficient (Wildman–Crippen LogP) is 4.87. The molecule has 1 atom stereocenters. The summed E-state index contributed by atoms with van der Waals surface area (Å²) in [5, 5.41) is 0. The normalized spacial score (nSPS) is 17.4. The molecule has 0 bridgehead atoms. The van der Waals surface area contributed by atoms with E-state index in [9.17, 15) is 9.59 Å². The molecule has 3 aromatic rings. The quantitative estimate of drug-likeness (QED) is 0.545. The minimum atomic E-state index is -0.230. The third-order valence-corrected chi connectivity index (χ3v) is 6.41. The molecule has 5 rings (SSSR count). The maximum absolute atomic E-state index is 12.9. The summed E-state index contributed by atoms with van der Waals surface area (Å²) in [6, 6.07) is 24.2. The molecule has 0 spiro atoms. The fourth-order valence-corrected chi connectivity index (χ4v) is 4.90. The first-order valence-corrected chi connectivity index (χ1v) is 11.0. The van der Waals surface area contributed by atoms with Gasteiger partial charge in [0.2, 0.25) is 0 Å². The molecule has 0 N–H and O–H groups in total. The van der Waals surface area contributed by atoms with E-state index in [2.05, 4.69) is 48.2 Å². The fraction of sp³-hybridized carbons (Fsp3) is 0.259. The first-order chi connectivity index (χ1) is 15.2. The van der Waals surface area contributed by atoms with Gasteiger partial charge in [-0.15, -0.1) is 0 Å². The second-order valence-electron chi connectivity index (χ2n) is 8.46. The summed E-state index contributed by atoms with van der Waals surface area (Å²) in [4.78, 5) is 29.6. The number of nitrogens with zero attached hydrogens (tertiary/aromatic N) is 2. The van der Waals surface area contributed by atoms with Crippen molar-refractivity contribution in [2.75, 3.05) is 11.4 Å². The predicted molar refractivity (Wildman–Crippen MR) is 122 cm³/mol. The molecule has 2 amide bonds. The summed E-state index contributed by atoms with van der Waals surface area (Å²) in [6.45, 7) is 4.22. The number of amides is 2. The van der Waals surface area contributed by atoms with Gasteiger partial charge in [0.25, 0.3) is 11.8 Å². The summed E-state index contributed by atoms with van der Waals surface area (Å²) in [5.41, 5.74) is 5.55. The van der Waals surface area contributed by atoms with Crippen molar-refractivity contribution >= 4 is 17.5 Å². The third kappa shape index (κ3) is 3.57. The van der Waals surface area contributed by atoms with E-state index >= 15 is 0 Å². The SMILES string of the molecule is CCCN(Cc1ccccc1)C1Cc2ccc(N3C(=O)c4ccccc4C3=O)cc2C1. The number of hydrogen-bond donors (Lipinski definition) is 0. The highest BCUT2D eigenvalue weighted by atomic mass is 16.2. The Balaban J connectivity index is 1.38. The van der Waals surface area contributed by atoms with Crippen molar-refractivity contribution in [1.29, 1.82) is 0 Å². The molecule has 0 fully saturated rings. The molecular weight excluding hydrogens is 384 g/mol. The highest BCUT2D eigenvalue weighted by molar-refractivity contribution is 6.34. The molecule has 4 heteroatoms. The highest BCUT2D eigenvalue weighted by Crippen LogP contribution is 2.33. The van der Waals surface area contributed by atoms with Gasteiger partial charge >= 0.3 is 0 Å². The molecule has 4 nitrogen and oxygen atoms in total. The first-order valence-electron chi connectivity index (χ1n) is 11.0. The van der Waals surface area contributed by atoms with Crippen LogP contribution in [-0.2, 0) is 19.4 Å². The van der Waals surface area contributed by atoms with Gasteiger partial charge in [-0.1, -0.05) is 55.5 Å². The van der Waals surface area contributed by atoms with Crippen LogP contribution in [0.3, 0.4) is 0 Å². The van der Waals surface area contributed by atoms with Crippen molar-refractivity contribution in [3.63, 3.8) is 0 Å². The van der Waals surface area contributed by atoms with E-state index < -0.39 is 0 Å². The Morgan fingerprint density at radius 3 is 2.16 bits per heavy atom. The average Bonchev–Trinajstić information content (AvgIpc) is 3.33. The number of carbonyl (C=O) groups excluding carboxylic acids is 2. The summed E-state index contributed by atoms with van der Waals surface area (Å²) < 4.78 is 0. The number of imide groups is 1. The third-order valence-electron chi connectivity index (χ3n) is 6.41. The Bertz CT molecular complexity index is 1100. The van der Waals surface area contributed by atoms with Crippen LogP contribution in [-0.4, -0.2) is 29.3 Å². The van der Waals surface area contributed by atoms with Crippen molar-refractivity contribution in [2.24, 2.45) is 0 Å². The van der Waals surface area contributed by atoms with E-state index in [4.69, 9.17) is 0 Å². The summed E-state index contributed by atoms with van der Waals surface area (Å²) in [5.74, 6) is -0.460. The number of hydrogen-bond acceptors (Lipinski definition) is 3. The van der Waals surface area contributed by atoms with Gasteiger partial charge in [-0.3, -0.25) is 14.5 Å². The topological polar surface area (TPSA) is 40.6 Å². The largest absolute Gasteiger partial charge is 0.295 e. The number of anilines is 1. The second-order valence-corrected chi connectivity index (χ2v) is 8.46. The molecule has 2 aliphatic rings. The van der Waals surface area contributed by atoms with Crippen LogP contribution >= 0.6 is 0 Å². The van der Waals surface area contributed by atoms with Crippen LogP contribution < -0.4 is 4.90 Å². The highest BCUT2D eigenvalue weighted by Gasteiger charge is 2.37. The van der Waals surface area contributed by atoms with Crippen molar-refractivity contribution in [3.05, 3.63) is 101 Å². The van der Waals surface area contributed by atoms with Crippen molar-refractivity contribution in [2.45, 2.75) is 38.8 Å². The van der Waals surface area contributed by atoms with Crippen LogP contribution in [0.25, 0.3) is 0 Å². The van der Waals surface area contributed by atoms with E-state index in [0.29, 0.717) is 22.9 Å². The minimum absolute atomic E-state index is 0.230. The molecule has 31 heavy (non-hydrogen) atoms. The van der Waals surface area contributed by atoms with E-state index in [1.165, 1.54) is 21.6 Å². The van der Waals surface area contributed by atoms with Crippen LogP contribution in [0.5, 0.6) is 0 Å². The lowest BCUT2D eigenvalue weighted by Crippen LogP contribution is -2.36. The van der Waals surface area contributed by atoms with Gasteiger partial charge in [-0.25, -0.2) is 4.90 Å². The van der Waals surface area contributed by atoms with Crippen LogP contribution in [0.1, 0.15) is 50.8 Å². The molecule has 0 aromatic heterocycles. The second kappa shape index (κ2) is 8.12. The van der Waals surface area contributed by atoms with Gasteiger partial charge in [-0.05, 0) is 66.8 Å². The molecule has 1 unspecified atom stereocenters.